The third-order valence-electron chi connectivity index (χ3n) is 11.0. The number of ether oxygens (including phenoxy) is 1. The zero-order valence-electron chi connectivity index (χ0n) is 25.1. The van der Waals surface area contributed by atoms with E-state index in [4.69, 9.17) is 16.3 Å². The number of carbonyl (C=O) groups excluding carboxylic acids is 4. The summed E-state index contributed by atoms with van der Waals surface area (Å²) in [7, 11) is 0. The summed E-state index contributed by atoms with van der Waals surface area (Å²) < 4.78 is 19.7. The van der Waals surface area contributed by atoms with E-state index in [2.05, 4.69) is 0 Å². The van der Waals surface area contributed by atoms with Crippen LogP contribution in [0.2, 0.25) is 5.02 Å². The summed E-state index contributed by atoms with van der Waals surface area (Å²) in [5, 5.41) is 8.99. The Balaban J connectivity index is 1.32. The number of halogens is 2. The van der Waals surface area contributed by atoms with Gasteiger partial charge in [-0.15, -0.1) is 0 Å². The van der Waals surface area contributed by atoms with E-state index < -0.39 is 52.6 Å². The Morgan fingerprint density at radius 2 is 1.71 bits per heavy atom. The molecule has 2 aromatic rings. The molecular weight excluding hydrogens is 599 g/mol. The standard InChI is InChI=1S/C35H36ClFN2O6/c1-35-26(32(42)39(34(35)44)21-9-14-28(37)27(36)17-21)18-25-23(30(35)19-7-10-22(11-8-19)45-16-15-40)12-13-24-29(25)33(43)38(31(24)41)20-5-3-2-4-6-20/h7-12,14,17,20,24-26,29-30,40H,2-6,13,15-16,18H2,1H3/t24-,25+,26-,29-,30-,35+/m0/s1. The second-order valence-corrected chi connectivity index (χ2v) is 13.6. The van der Waals surface area contributed by atoms with Gasteiger partial charge in [-0.3, -0.25) is 24.1 Å². The number of benzene rings is 2. The average Bonchev–Trinajstić information content (AvgIpc) is 3.41. The van der Waals surface area contributed by atoms with Crippen LogP contribution in [0.3, 0.4) is 0 Å². The molecule has 2 saturated heterocycles. The third kappa shape index (κ3) is 4.56. The fraction of sp³-hybridized carbons (Fsp3) is 0.486. The Hall–Kier alpha value is -3.56. The molecule has 2 saturated carbocycles. The van der Waals surface area contributed by atoms with Crippen LogP contribution in [-0.4, -0.2) is 52.9 Å². The van der Waals surface area contributed by atoms with Crippen LogP contribution in [0.25, 0.3) is 0 Å². The average molecular weight is 635 g/mol. The highest BCUT2D eigenvalue weighted by Gasteiger charge is 2.67. The molecule has 5 aliphatic rings. The van der Waals surface area contributed by atoms with Gasteiger partial charge in [0.25, 0.3) is 0 Å². The highest BCUT2D eigenvalue weighted by atomic mass is 35.5. The molecule has 0 unspecified atom stereocenters. The molecule has 4 amide bonds. The number of aliphatic hydroxyl groups excluding tert-OH is 1. The number of hydrogen-bond donors (Lipinski definition) is 1. The first-order chi connectivity index (χ1) is 21.7. The lowest BCUT2D eigenvalue weighted by molar-refractivity contribution is -0.144. The normalized spacial score (nSPS) is 31.6. The van der Waals surface area contributed by atoms with Crippen LogP contribution in [0.4, 0.5) is 10.1 Å². The maximum Gasteiger partial charge on any atom is 0.241 e. The Morgan fingerprint density at radius 3 is 2.40 bits per heavy atom. The summed E-state index contributed by atoms with van der Waals surface area (Å²) in [6, 6.07) is 11.0. The van der Waals surface area contributed by atoms with E-state index in [9.17, 15) is 28.7 Å². The van der Waals surface area contributed by atoms with Crippen LogP contribution in [-0.2, 0) is 19.2 Å². The smallest absolute Gasteiger partial charge is 0.241 e. The number of anilines is 1. The lowest BCUT2D eigenvalue weighted by Gasteiger charge is -2.49. The van der Waals surface area contributed by atoms with Gasteiger partial charge >= 0.3 is 0 Å². The monoisotopic (exact) mass is 634 g/mol. The molecule has 7 rings (SSSR count). The van der Waals surface area contributed by atoms with Gasteiger partial charge in [0.1, 0.15) is 18.2 Å². The molecule has 0 radical (unpaired) electrons. The number of imide groups is 2. The second kappa shape index (κ2) is 11.4. The molecule has 0 spiro atoms. The van der Waals surface area contributed by atoms with Gasteiger partial charge in [-0.1, -0.05) is 54.6 Å². The van der Waals surface area contributed by atoms with E-state index in [1.165, 1.54) is 17.0 Å². The van der Waals surface area contributed by atoms with Gasteiger partial charge in [0.15, 0.2) is 0 Å². The summed E-state index contributed by atoms with van der Waals surface area (Å²) in [5.41, 5.74) is 0.680. The maximum absolute atomic E-state index is 14.5. The largest absolute Gasteiger partial charge is 0.491 e. The summed E-state index contributed by atoms with van der Waals surface area (Å²) in [6.45, 7) is 1.81. The molecule has 0 bridgehead atoms. The number of likely N-dealkylation sites (tertiary alicyclic amines) is 1. The molecule has 1 N–H and O–H groups in total. The highest BCUT2D eigenvalue weighted by molar-refractivity contribution is 6.31. The maximum atomic E-state index is 14.5. The van der Waals surface area contributed by atoms with E-state index in [0.29, 0.717) is 12.2 Å². The fourth-order valence-corrected chi connectivity index (χ4v) is 9.08. The summed E-state index contributed by atoms with van der Waals surface area (Å²) in [4.78, 5) is 59.4. The van der Waals surface area contributed by atoms with Crippen molar-refractivity contribution in [2.75, 3.05) is 18.1 Å². The topological polar surface area (TPSA) is 104 Å². The van der Waals surface area contributed by atoms with E-state index in [-0.39, 0.29) is 48.2 Å². The Labute approximate surface area is 266 Å². The van der Waals surface area contributed by atoms with E-state index in [1.54, 1.807) is 12.1 Å². The summed E-state index contributed by atoms with van der Waals surface area (Å²) in [5.74, 6) is -3.99. The van der Waals surface area contributed by atoms with E-state index in [1.807, 2.05) is 25.1 Å². The Bertz CT molecular complexity index is 1600. The fourth-order valence-electron chi connectivity index (χ4n) is 8.91. The van der Waals surface area contributed by atoms with Crippen molar-refractivity contribution in [2.45, 2.75) is 63.8 Å². The number of rotatable bonds is 6. The minimum atomic E-state index is -1.21. The quantitative estimate of drug-likeness (QED) is 0.337. The molecule has 4 fully saturated rings. The van der Waals surface area contributed by atoms with Crippen molar-refractivity contribution in [3.05, 3.63) is 70.5 Å². The lowest BCUT2D eigenvalue weighted by atomic mass is 9.51. The molecule has 6 atom stereocenters. The molecule has 2 aromatic carbocycles. The highest BCUT2D eigenvalue weighted by Crippen LogP contribution is 2.63. The summed E-state index contributed by atoms with van der Waals surface area (Å²) >= 11 is 6.08. The predicted octanol–water partition coefficient (Wildman–Crippen LogP) is 5.41. The van der Waals surface area contributed by atoms with Crippen molar-refractivity contribution in [1.82, 2.24) is 4.90 Å². The molecule has 10 heteroatoms. The van der Waals surface area contributed by atoms with Crippen molar-refractivity contribution in [2.24, 2.45) is 29.1 Å². The first-order valence-electron chi connectivity index (χ1n) is 15.9. The molecule has 3 aliphatic carbocycles. The van der Waals surface area contributed by atoms with Crippen molar-refractivity contribution >= 4 is 40.9 Å². The Morgan fingerprint density at radius 1 is 0.978 bits per heavy atom. The summed E-state index contributed by atoms with van der Waals surface area (Å²) in [6.07, 6.45) is 7.42. The van der Waals surface area contributed by atoms with Gasteiger partial charge in [-0.25, -0.2) is 9.29 Å². The van der Waals surface area contributed by atoms with Crippen LogP contribution < -0.4 is 9.64 Å². The van der Waals surface area contributed by atoms with Gasteiger partial charge in [-0.2, -0.15) is 0 Å². The number of carbonyl (C=O) groups is 4. The van der Waals surface area contributed by atoms with Crippen LogP contribution in [0.15, 0.2) is 54.1 Å². The van der Waals surface area contributed by atoms with Gasteiger partial charge in [0, 0.05) is 12.0 Å². The zero-order valence-corrected chi connectivity index (χ0v) is 25.8. The molecule has 0 aromatic heterocycles. The molecule has 2 aliphatic heterocycles. The van der Waals surface area contributed by atoms with Gasteiger partial charge < -0.3 is 9.84 Å². The first kappa shape index (κ1) is 30.1. The van der Waals surface area contributed by atoms with E-state index in [0.717, 1.165) is 54.2 Å². The minimum Gasteiger partial charge on any atom is -0.491 e. The van der Waals surface area contributed by atoms with Crippen molar-refractivity contribution < 1.29 is 33.4 Å². The Kier molecular flexibility index (Phi) is 7.60. The number of aliphatic hydroxyl groups is 1. The number of fused-ring (bicyclic) bond motifs is 4. The lowest BCUT2D eigenvalue weighted by Crippen LogP contribution is -2.49. The van der Waals surface area contributed by atoms with E-state index >= 15 is 0 Å². The number of nitrogens with zero attached hydrogens (tertiary/aromatic N) is 2. The number of allylic oxidation sites excluding steroid dienone is 2. The predicted molar refractivity (Wildman–Crippen MR) is 164 cm³/mol. The SMILES string of the molecule is C[C@@]12C(=O)N(c3ccc(F)c(Cl)c3)C(=O)[C@@H]1C[C@@H]1C(=CC[C@@H]3C(=O)N(C4CCCCC4)C(=O)[C@@H]31)[C@@H]2c1ccc(OCCO)cc1. The molecule has 236 valence electrons. The van der Waals surface area contributed by atoms with Crippen molar-refractivity contribution in [3.8, 4) is 5.75 Å². The zero-order chi connectivity index (χ0) is 31.6. The molecule has 2 heterocycles. The van der Waals surface area contributed by atoms with Crippen LogP contribution >= 0.6 is 11.6 Å². The van der Waals surface area contributed by atoms with Gasteiger partial charge in [0.05, 0.1) is 40.5 Å². The van der Waals surface area contributed by atoms with Gasteiger partial charge in [-0.05, 0) is 74.4 Å². The van der Waals surface area contributed by atoms with Crippen LogP contribution in [0, 0.1) is 34.9 Å². The second-order valence-electron chi connectivity index (χ2n) is 13.2. The number of hydrogen-bond acceptors (Lipinski definition) is 6. The first-order valence-corrected chi connectivity index (χ1v) is 16.3. The molecular formula is C35H36ClFN2O6. The van der Waals surface area contributed by atoms with Crippen molar-refractivity contribution in [3.63, 3.8) is 0 Å². The molecule has 45 heavy (non-hydrogen) atoms. The number of amides is 4. The van der Waals surface area contributed by atoms with Crippen LogP contribution in [0.1, 0.15) is 63.4 Å². The van der Waals surface area contributed by atoms with Crippen molar-refractivity contribution in [1.29, 1.82) is 0 Å². The molecule has 8 nitrogen and oxygen atoms in total. The third-order valence-corrected chi connectivity index (χ3v) is 11.3. The van der Waals surface area contributed by atoms with Gasteiger partial charge in [0.2, 0.25) is 23.6 Å². The van der Waals surface area contributed by atoms with Crippen LogP contribution in [0.5, 0.6) is 5.75 Å². The minimum absolute atomic E-state index is 0.0858.